The van der Waals surface area contributed by atoms with E-state index in [0.29, 0.717) is 23.7 Å². The number of ether oxygens (including phenoxy) is 1. The number of hydrogen-bond acceptors (Lipinski definition) is 7. The Balaban J connectivity index is 1.70. The molecule has 7 heteroatoms. The van der Waals surface area contributed by atoms with Gasteiger partial charge in [0.05, 0.1) is 12.8 Å². The molecule has 6 nitrogen and oxygen atoms in total. The van der Waals surface area contributed by atoms with Crippen LogP contribution in [0.1, 0.15) is 22.6 Å². The van der Waals surface area contributed by atoms with Crippen molar-refractivity contribution in [1.82, 2.24) is 4.98 Å². The summed E-state index contributed by atoms with van der Waals surface area (Å²) in [5, 5.41) is 14.3. The van der Waals surface area contributed by atoms with Gasteiger partial charge in [0.15, 0.2) is 10.9 Å². The van der Waals surface area contributed by atoms with Crippen molar-refractivity contribution in [2.24, 2.45) is 5.10 Å². The molecule has 0 radical (unpaired) electrons. The van der Waals surface area contributed by atoms with Crippen molar-refractivity contribution >= 4 is 23.8 Å². The molecule has 0 aliphatic heterocycles. The van der Waals surface area contributed by atoms with Crippen molar-refractivity contribution in [3.05, 3.63) is 71.1 Å². The molecule has 0 atom stereocenters. The Morgan fingerprint density at radius 1 is 1.30 bits per heavy atom. The van der Waals surface area contributed by atoms with Crippen LogP contribution in [0, 0.1) is 18.3 Å². The number of benzene rings is 1. The van der Waals surface area contributed by atoms with Crippen LogP contribution in [-0.2, 0) is 11.3 Å². The van der Waals surface area contributed by atoms with E-state index < -0.39 is 0 Å². The molecule has 136 valence electrons. The zero-order valence-electron chi connectivity index (χ0n) is 15.0. The van der Waals surface area contributed by atoms with Gasteiger partial charge in [0.2, 0.25) is 0 Å². The highest BCUT2D eigenvalue weighted by Crippen LogP contribution is 2.28. The molecule has 1 aromatic carbocycles. The van der Waals surface area contributed by atoms with Crippen molar-refractivity contribution < 1.29 is 9.15 Å². The minimum Gasteiger partial charge on any atom is -0.448 e. The van der Waals surface area contributed by atoms with Gasteiger partial charge < -0.3 is 9.15 Å². The minimum absolute atomic E-state index is 0.336. The summed E-state index contributed by atoms with van der Waals surface area (Å²) in [5.74, 6) is 0.996. The van der Waals surface area contributed by atoms with Gasteiger partial charge in [-0.3, -0.25) is 5.43 Å². The second kappa shape index (κ2) is 9.03. The van der Waals surface area contributed by atoms with Gasteiger partial charge in [0.25, 0.3) is 0 Å². The first-order valence-corrected chi connectivity index (χ1v) is 9.02. The normalized spacial score (nSPS) is 10.9. The van der Waals surface area contributed by atoms with Gasteiger partial charge in [-0.2, -0.15) is 10.4 Å². The maximum absolute atomic E-state index is 9.42. The lowest BCUT2D eigenvalue weighted by molar-refractivity contribution is 0.184. The fourth-order valence-electron chi connectivity index (χ4n) is 2.44. The van der Waals surface area contributed by atoms with Crippen LogP contribution in [0.4, 0.5) is 5.82 Å². The second-order valence-corrected chi connectivity index (χ2v) is 6.71. The largest absolute Gasteiger partial charge is 0.448 e. The number of rotatable bonds is 7. The Bertz CT molecular complexity index is 977. The third-order valence-electron chi connectivity index (χ3n) is 3.57. The molecule has 2 heterocycles. The first kappa shape index (κ1) is 18.7. The monoisotopic (exact) mass is 378 g/mol. The molecule has 1 N–H and O–H groups in total. The number of aryl methyl sites for hydroxylation is 1. The summed E-state index contributed by atoms with van der Waals surface area (Å²) in [5.41, 5.74) is 4.79. The maximum Gasteiger partial charge on any atom is 0.165 e. The highest BCUT2D eigenvalue weighted by Gasteiger charge is 2.11. The van der Waals surface area contributed by atoms with Gasteiger partial charge in [-0.1, -0.05) is 30.0 Å². The summed E-state index contributed by atoms with van der Waals surface area (Å²) >= 11 is 1.54. The maximum atomic E-state index is 9.42. The quantitative estimate of drug-likeness (QED) is 0.478. The Morgan fingerprint density at radius 3 is 2.85 bits per heavy atom. The lowest BCUT2D eigenvalue weighted by Crippen LogP contribution is -2.03. The van der Waals surface area contributed by atoms with Crippen LogP contribution < -0.4 is 5.43 Å². The van der Waals surface area contributed by atoms with Crippen molar-refractivity contribution in [3.63, 3.8) is 0 Å². The summed E-state index contributed by atoms with van der Waals surface area (Å²) in [6.07, 6.45) is 1.55. The lowest BCUT2D eigenvalue weighted by atomic mass is 10.1. The van der Waals surface area contributed by atoms with Crippen molar-refractivity contribution in [2.75, 3.05) is 12.5 Å². The first-order chi connectivity index (χ1) is 13.2. The van der Waals surface area contributed by atoms with E-state index in [9.17, 15) is 5.26 Å². The van der Waals surface area contributed by atoms with Crippen molar-refractivity contribution in [1.29, 1.82) is 5.26 Å². The van der Waals surface area contributed by atoms with Crippen LogP contribution in [0.3, 0.4) is 0 Å². The molecule has 2 aromatic heterocycles. The summed E-state index contributed by atoms with van der Waals surface area (Å²) in [4.78, 5) is 5.44. The zero-order chi connectivity index (χ0) is 19.1. The number of furan rings is 1. The number of methoxy groups -OCH3 is 1. The molecule has 0 aliphatic carbocycles. The average molecular weight is 378 g/mol. The highest BCUT2D eigenvalue weighted by atomic mass is 32.2. The smallest absolute Gasteiger partial charge is 0.165 e. The predicted molar refractivity (Wildman–Crippen MR) is 105 cm³/mol. The highest BCUT2D eigenvalue weighted by molar-refractivity contribution is 7.99. The Kier molecular flexibility index (Phi) is 6.26. The third kappa shape index (κ3) is 4.97. The fraction of sp³-hybridized carbons (Fsp3) is 0.150. The van der Waals surface area contributed by atoms with Crippen LogP contribution in [0.25, 0.3) is 0 Å². The van der Waals surface area contributed by atoms with Crippen LogP contribution in [0.15, 0.2) is 68.0 Å². The number of nitriles is 1. The second-order valence-electron chi connectivity index (χ2n) is 5.63. The summed E-state index contributed by atoms with van der Waals surface area (Å²) in [6, 6.07) is 17.7. The number of hydrazone groups is 1. The number of hydrogen-bond donors (Lipinski definition) is 1. The molecular weight excluding hydrogens is 360 g/mol. The van der Waals surface area contributed by atoms with Gasteiger partial charge >= 0.3 is 0 Å². The molecule has 3 aromatic rings. The van der Waals surface area contributed by atoms with Gasteiger partial charge in [-0.25, -0.2) is 4.98 Å². The molecule has 0 spiro atoms. The molecule has 0 bridgehead atoms. The van der Waals surface area contributed by atoms with E-state index >= 15 is 0 Å². The number of nitrogens with zero attached hydrogens (tertiary/aromatic N) is 3. The van der Waals surface area contributed by atoms with Gasteiger partial charge in [-0.15, -0.1) is 0 Å². The van der Waals surface area contributed by atoms with E-state index in [2.05, 4.69) is 21.6 Å². The van der Waals surface area contributed by atoms with Crippen LogP contribution in [-0.4, -0.2) is 18.3 Å². The predicted octanol–water partition coefficient (Wildman–Crippen LogP) is 4.60. The zero-order valence-corrected chi connectivity index (χ0v) is 15.8. The summed E-state index contributed by atoms with van der Waals surface area (Å²) in [6.45, 7) is 2.19. The molecule has 0 saturated carbocycles. The Hall–Kier alpha value is -3.08. The van der Waals surface area contributed by atoms with Crippen LogP contribution in [0.5, 0.6) is 0 Å². The number of aromatic nitrogens is 1. The number of nitrogens with one attached hydrogen (secondary N) is 1. The van der Waals surface area contributed by atoms with Gasteiger partial charge in [0, 0.05) is 23.3 Å². The van der Waals surface area contributed by atoms with Gasteiger partial charge in [0.1, 0.15) is 17.4 Å². The van der Waals surface area contributed by atoms with E-state index in [1.54, 1.807) is 13.3 Å². The lowest BCUT2D eigenvalue weighted by Gasteiger charge is -2.08. The molecule has 0 fully saturated rings. The molecule has 0 saturated heterocycles. The molecular formula is C20H18N4O2S. The average Bonchev–Trinajstić information content (AvgIpc) is 3.10. The number of pyridine rings is 1. The Labute approximate surface area is 161 Å². The molecule has 3 rings (SSSR count). The van der Waals surface area contributed by atoms with E-state index in [4.69, 9.17) is 9.15 Å². The minimum atomic E-state index is 0.336. The van der Waals surface area contributed by atoms with E-state index in [1.807, 2.05) is 55.5 Å². The van der Waals surface area contributed by atoms with E-state index in [-0.39, 0.29) is 0 Å². The topological polar surface area (TPSA) is 83.4 Å². The van der Waals surface area contributed by atoms with Crippen LogP contribution >= 0.6 is 11.8 Å². The molecule has 0 aliphatic rings. The first-order valence-electron chi connectivity index (χ1n) is 8.21. The van der Waals surface area contributed by atoms with Crippen molar-refractivity contribution in [2.45, 2.75) is 23.5 Å². The third-order valence-corrected chi connectivity index (χ3v) is 4.50. The van der Waals surface area contributed by atoms with Crippen molar-refractivity contribution in [3.8, 4) is 6.07 Å². The van der Waals surface area contributed by atoms with Gasteiger partial charge in [-0.05, 0) is 37.3 Å². The summed E-state index contributed by atoms with van der Waals surface area (Å²) < 4.78 is 10.9. The molecule has 0 unspecified atom stereocenters. The Morgan fingerprint density at radius 2 is 2.11 bits per heavy atom. The SMILES string of the molecule is COCc1cc(C)nc(N/N=C/c2ccc(Sc3ccccc3)o2)c1C#N. The standard InChI is InChI=1S/C20H18N4O2S/c1-14-10-15(13-25-2)18(11-21)20(23-14)24-22-12-16-8-9-19(26-16)27-17-6-4-3-5-7-17/h3-10,12H,13H2,1-2H3,(H,23,24)/b22-12+. The van der Waals surface area contributed by atoms with E-state index in [1.165, 1.54) is 11.8 Å². The van der Waals surface area contributed by atoms with Crippen LogP contribution in [0.2, 0.25) is 0 Å². The number of anilines is 1. The summed E-state index contributed by atoms with van der Waals surface area (Å²) in [7, 11) is 1.59. The fourth-order valence-corrected chi connectivity index (χ4v) is 3.24. The van der Waals surface area contributed by atoms with E-state index in [0.717, 1.165) is 21.2 Å². The molecule has 27 heavy (non-hydrogen) atoms. The molecule has 0 amide bonds.